The lowest BCUT2D eigenvalue weighted by Crippen LogP contribution is -2.09. The van der Waals surface area contributed by atoms with Gasteiger partial charge in [0, 0.05) is 11.5 Å². The Hall–Kier alpha value is -0.750. The van der Waals surface area contributed by atoms with Crippen LogP contribution in [0.2, 0.25) is 5.02 Å². The molecular formula is C9H7BrClF2NO2. The summed E-state index contributed by atoms with van der Waals surface area (Å²) in [5.74, 6) is -0.883. The molecule has 0 amide bonds. The van der Waals surface area contributed by atoms with Crippen molar-refractivity contribution in [2.45, 2.75) is 11.8 Å². The summed E-state index contributed by atoms with van der Waals surface area (Å²) in [6.45, 7) is 0. The molecule has 0 aliphatic carbocycles. The van der Waals surface area contributed by atoms with Gasteiger partial charge in [-0.2, -0.15) is 0 Å². The molecule has 7 heteroatoms. The molecule has 16 heavy (non-hydrogen) atoms. The fourth-order valence-electron chi connectivity index (χ4n) is 1.12. The van der Waals surface area contributed by atoms with Crippen molar-refractivity contribution in [2.24, 2.45) is 0 Å². The van der Waals surface area contributed by atoms with Crippen LogP contribution in [-0.4, -0.2) is 18.1 Å². The van der Waals surface area contributed by atoms with Crippen LogP contribution in [0.5, 0.6) is 0 Å². The molecule has 1 rings (SSSR count). The van der Waals surface area contributed by atoms with E-state index in [1.165, 1.54) is 0 Å². The Kier molecular flexibility index (Phi) is 4.61. The molecule has 0 saturated heterocycles. The van der Waals surface area contributed by atoms with Crippen LogP contribution < -0.4 is 0 Å². The van der Waals surface area contributed by atoms with Crippen molar-refractivity contribution in [1.82, 2.24) is 4.98 Å². The van der Waals surface area contributed by atoms with E-state index in [0.717, 1.165) is 13.3 Å². The molecule has 0 N–H and O–H groups in total. The van der Waals surface area contributed by atoms with E-state index in [9.17, 15) is 13.6 Å². The first kappa shape index (κ1) is 13.3. The van der Waals surface area contributed by atoms with Gasteiger partial charge in [0.25, 0.3) is 6.43 Å². The maximum Gasteiger partial charge on any atom is 0.339 e. The van der Waals surface area contributed by atoms with Gasteiger partial charge >= 0.3 is 5.97 Å². The second kappa shape index (κ2) is 5.54. The molecule has 0 aromatic carbocycles. The van der Waals surface area contributed by atoms with Crippen molar-refractivity contribution in [2.75, 3.05) is 7.11 Å². The molecule has 1 aromatic rings. The summed E-state index contributed by atoms with van der Waals surface area (Å²) in [7, 11) is 1.10. The molecular weight excluding hydrogens is 307 g/mol. The Morgan fingerprint density at radius 2 is 2.31 bits per heavy atom. The molecule has 0 unspecified atom stereocenters. The highest BCUT2D eigenvalue weighted by atomic mass is 79.9. The number of aromatic nitrogens is 1. The molecule has 1 aromatic heterocycles. The third-order valence-corrected chi connectivity index (χ3v) is 2.83. The number of methoxy groups -OCH3 is 1. The Balaban J connectivity index is 3.40. The zero-order valence-corrected chi connectivity index (χ0v) is 10.5. The summed E-state index contributed by atoms with van der Waals surface area (Å²) in [4.78, 5) is 15.0. The van der Waals surface area contributed by atoms with Gasteiger partial charge in [-0.15, -0.1) is 0 Å². The Morgan fingerprint density at radius 3 is 2.75 bits per heavy atom. The molecule has 0 bridgehead atoms. The van der Waals surface area contributed by atoms with Gasteiger partial charge in [-0.3, -0.25) is 4.98 Å². The van der Waals surface area contributed by atoms with Gasteiger partial charge in [0.15, 0.2) is 0 Å². The number of hydrogen-bond donors (Lipinski definition) is 0. The summed E-state index contributed by atoms with van der Waals surface area (Å²) in [6, 6.07) is 0. The van der Waals surface area contributed by atoms with Crippen LogP contribution in [0.15, 0.2) is 6.20 Å². The Labute approximate surface area is 104 Å². The maximum absolute atomic E-state index is 12.8. The van der Waals surface area contributed by atoms with E-state index in [4.69, 9.17) is 11.6 Å². The summed E-state index contributed by atoms with van der Waals surface area (Å²) < 4.78 is 29.9. The predicted octanol–water partition coefficient (Wildman–Crippen LogP) is 3.35. The van der Waals surface area contributed by atoms with E-state index >= 15 is 0 Å². The Morgan fingerprint density at radius 1 is 1.69 bits per heavy atom. The van der Waals surface area contributed by atoms with Crippen molar-refractivity contribution in [1.29, 1.82) is 0 Å². The molecule has 88 valence electrons. The minimum Gasteiger partial charge on any atom is -0.465 e. The second-order valence-electron chi connectivity index (χ2n) is 2.77. The van der Waals surface area contributed by atoms with E-state index in [0.29, 0.717) is 0 Å². The summed E-state index contributed by atoms with van der Waals surface area (Å²) in [6.07, 6.45) is -1.82. The third-order valence-electron chi connectivity index (χ3n) is 1.88. The van der Waals surface area contributed by atoms with Crippen LogP contribution >= 0.6 is 27.5 Å². The average molecular weight is 315 g/mol. The third kappa shape index (κ3) is 2.49. The van der Waals surface area contributed by atoms with E-state index < -0.39 is 18.0 Å². The SMILES string of the molecule is COC(=O)c1cnc(CBr)c(Cl)c1C(F)F. The van der Waals surface area contributed by atoms with E-state index in [-0.39, 0.29) is 21.6 Å². The topological polar surface area (TPSA) is 39.2 Å². The number of nitrogens with zero attached hydrogens (tertiary/aromatic N) is 1. The highest BCUT2D eigenvalue weighted by Crippen LogP contribution is 2.32. The van der Waals surface area contributed by atoms with Gasteiger partial charge in [-0.25, -0.2) is 13.6 Å². The molecule has 3 nitrogen and oxygen atoms in total. The van der Waals surface area contributed by atoms with Crippen molar-refractivity contribution in [3.63, 3.8) is 0 Å². The zero-order valence-electron chi connectivity index (χ0n) is 8.14. The number of alkyl halides is 3. The molecule has 0 fully saturated rings. The monoisotopic (exact) mass is 313 g/mol. The molecule has 0 atom stereocenters. The fourth-order valence-corrected chi connectivity index (χ4v) is 2.01. The lowest BCUT2D eigenvalue weighted by molar-refractivity contribution is 0.0588. The van der Waals surface area contributed by atoms with Gasteiger partial charge in [-0.1, -0.05) is 27.5 Å². The first-order valence-corrected chi connectivity index (χ1v) is 5.62. The number of carbonyl (C=O) groups excluding carboxylic acids is 1. The zero-order chi connectivity index (χ0) is 12.3. The lowest BCUT2D eigenvalue weighted by atomic mass is 10.1. The standard InChI is InChI=1S/C9H7BrClF2NO2/c1-16-9(15)4-3-14-5(2-10)7(11)6(4)8(12)13/h3,8H,2H2,1H3. The normalized spacial score (nSPS) is 10.6. The quantitative estimate of drug-likeness (QED) is 0.634. The van der Waals surface area contributed by atoms with Crippen LogP contribution in [0.25, 0.3) is 0 Å². The van der Waals surface area contributed by atoms with E-state index in [1.54, 1.807) is 0 Å². The van der Waals surface area contributed by atoms with Crippen LogP contribution in [0.3, 0.4) is 0 Å². The van der Waals surface area contributed by atoms with Crippen molar-refractivity contribution < 1.29 is 18.3 Å². The number of pyridine rings is 1. The summed E-state index contributed by atoms with van der Waals surface area (Å²) in [5, 5.41) is 0.0160. The van der Waals surface area contributed by atoms with Gasteiger partial charge in [0.1, 0.15) is 0 Å². The molecule has 1 heterocycles. The van der Waals surface area contributed by atoms with Gasteiger partial charge < -0.3 is 4.74 Å². The van der Waals surface area contributed by atoms with Gasteiger partial charge in [-0.05, 0) is 0 Å². The van der Waals surface area contributed by atoms with Crippen LogP contribution in [0.4, 0.5) is 8.78 Å². The Bertz CT molecular complexity index is 415. The largest absolute Gasteiger partial charge is 0.465 e. The molecule has 0 saturated carbocycles. The number of ether oxygens (including phenoxy) is 1. The summed E-state index contributed by atoms with van der Waals surface area (Å²) in [5.41, 5.74) is -0.602. The molecule has 0 aliphatic rings. The van der Waals surface area contributed by atoms with Gasteiger partial charge in [0.2, 0.25) is 0 Å². The van der Waals surface area contributed by atoms with Gasteiger partial charge in [0.05, 0.1) is 29.0 Å². The average Bonchev–Trinajstić information content (AvgIpc) is 2.26. The van der Waals surface area contributed by atoms with E-state index in [2.05, 4.69) is 25.7 Å². The number of carbonyl (C=O) groups is 1. The van der Waals surface area contributed by atoms with Crippen LogP contribution in [-0.2, 0) is 10.1 Å². The molecule has 0 spiro atoms. The fraction of sp³-hybridized carbons (Fsp3) is 0.333. The van der Waals surface area contributed by atoms with Crippen molar-refractivity contribution in [3.05, 3.63) is 28.0 Å². The number of rotatable bonds is 3. The molecule has 0 aliphatic heterocycles. The first-order chi connectivity index (χ1) is 7.52. The van der Waals surface area contributed by atoms with Crippen LogP contribution in [0, 0.1) is 0 Å². The highest BCUT2D eigenvalue weighted by molar-refractivity contribution is 9.08. The minimum atomic E-state index is -2.86. The number of hydrogen-bond acceptors (Lipinski definition) is 3. The maximum atomic E-state index is 12.8. The number of esters is 1. The van der Waals surface area contributed by atoms with E-state index in [1.807, 2.05) is 0 Å². The number of halogens is 4. The van der Waals surface area contributed by atoms with Crippen molar-refractivity contribution >= 4 is 33.5 Å². The molecule has 0 radical (unpaired) electrons. The first-order valence-electron chi connectivity index (χ1n) is 4.12. The second-order valence-corrected chi connectivity index (χ2v) is 3.71. The highest BCUT2D eigenvalue weighted by Gasteiger charge is 2.24. The smallest absolute Gasteiger partial charge is 0.339 e. The van der Waals surface area contributed by atoms with Crippen molar-refractivity contribution in [3.8, 4) is 0 Å². The summed E-state index contributed by atoms with van der Waals surface area (Å²) >= 11 is 8.79. The minimum absolute atomic E-state index is 0.213. The van der Waals surface area contributed by atoms with Crippen LogP contribution in [0.1, 0.15) is 28.0 Å². The predicted molar refractivity (Wildman–Crippen MR) is 58.2 cm³/mol. The lowest BCUT2D eigenvalue weighted by Gasteiger charge is -2.10.